The monoisotopic (exact) mass is 450 g/mol. The molecule has 1 aliphatic rings. The molecule has 1 saturated heterocycles. The molecule has 3 aromatic rings. The molecule has 0 aliphatic carbocycles. The van der Waals surface area contributed by atoms with E-state index in [4.69, 9.17) is 9.40 Å². The lowest BCUT2D eigenvalue weighted by atomic mass is 10.3. The predicted molar refractivity (Wildman–Crippen MR) is 107 cm³/mol. The Morgan fingerprint density at radius 2 is 2.15 bits per heavy atom. The molecular formula is C17H19BrN6O2S. The van der Waals surface area contributed by atoms with Crippen LogP contribution in [-0.2, 0) is 6.54 Å². The van der Waals surface area contributed by atoms with Crippen molar-refractivity contribution in [2.75, 3.05) is 30.8 Å². The molecule has 0 spiro atoms. The first-order valence-corrected chi connectivity index (χ1v) is 10.7. The summed E-state index contributed by atoms with van der Waals surface area (Å²) in [6.07, 6.45) is 6.15. The van der Waals surface area contributed by atoms with Crippen LogP contribution in [0.25, 0.3) is 11.0 Å². The molecule has 0 saturated carbocycles. The second-order valence-electron chi connectivity index (χ2n) is 6.19. The van der Waals surface area contributed by atoms with Gasteiger partial charge in [-0.2, -0.15) is 5.10 Å². The molecule has 0 aromatic carbocycles. The number of carbonyl (C=O) groups excluding carboxylic acids is 1. The van der Waals surface area contributed by atoms with Gasteiger partial charge in [0.25, 0.3) is 5.91 Å². The number of hydrogen-bond donors (Lipinski definition) is 1. The molecule has 27 heavy (non-hydrogen) atoms. The Labute approximate surface area is 168 Å². The summed E-state index contributed by atoms with van der Waals surface area (Å²) in [6.45, 7) is 2.97. The molecule has 8 nitrogen and oxygen atoms in total. The van der Waals surface area contributed by atoms with E-state index in [1.165, 1.54) is 24.6 Å². The summed E-state index contributed by atoms with van der Waals surface area (Å²) in [5.74, 6) is 0.974. The molecule has 4 rings (SSSR count). The quantitative estimate of drug-likeness (QED) is 0.455. The fourth-order valence-electron chi connectivity index (χ4n) is 3.14. The Morgan fingerprint density at radius 1 is 1.33 bits per heavy atom. The van der Waals surface area contributed by atoms with Crippen LogP contribution in [0.1, 0.15) is 23.4 Å². The summed E-state index contributed by atoms with van der Waals surface area (Å²) in [5.41, 5.74) is 0.797. The Hall–Kier alpha value is -2.07. The maximum absolute atomic E-state index is 12.1. The summed E-state index contributed by atoms with van der Waals surface area (Å²) in [7, 11) is 0. The molecule has 1 fully saturated rings. The van der Waals surface area contributed by atoms with Crippen molar-refractivity contribution < 1.29 is 9.21 Å². The van der Waals surface area contributed by atoms with E-state index in [0.717, 1.165) is 35.1 Å². The van der Waals surface area contributed by atoms with Crippen molar-refractivity contribution in [3.8, 4) is 0 Å². The number of thioether (sulfide) groups is 1. The summed E-state index contributed by atoms with van der Waals surface area (Å²) < 4.78 is 7.60. The van der Waals surface area contributed by atoms with Crippen LogP contribution in [0.4, 0.5) is 5.82 Å². The highest BCUT2D eigenvalue weighted by atomic mass is 79.9. The number of anilines is 1. The molecule has 4 heterocycles. The minimum Gasteiger partial charge on any atom is -0.444 e. The minimum absolute atomic E-state index is 0.255. The van der Waals surface area contributed by atoms with Gasteiger partial charge in [-0.15, -0.1) is 0 Å². The lowest BCUT2D eigenvalue weighted by molar-refractivity contribution is 0.0923. The van der Waals surface area contributed by atoms with Gasteiger partial charge in [0.05, 0.1) is 18.1 Å². The van der Waals surface area contributed by atoms with E-state index in [0.29, 0.717) is 17.8 Å². The minimum atomic E-state index is -0.255. The zero-order valence-corrected chi connectivity index (χ0v) is 17.2. The largest absolute Gasteiger partial charge is 0.444 e. The average Bonchev–Trinajstić information content (AvgIpc) is 3.41. The van der Waals surface area contributed by atoms with Gasteiger partial charge in [0.1, 0.15) is 5.82 Å². The van der Waals surface area contributed by atoms with Crippen molar-refractivity contribution in [3.05, 3.63) is 28.8 Å². The number of nitrogens with zero attached hydrogens (tertiary/aromatic N) is 5. The zero-order chi connectivity index (χ0) is 18.8. The number of aromatic nitrogens is 4. The highest BCUT2D eigenvalue weighted by Gasteiger charge is 2.20. The van der Waals surface area contributed by atoms with Gasteiger partial charge in [0.2, 0.25) is 0 Å². The van der Waals surface area contributed by atoms with E-state index in [1.54, 1.807) is 12.1 Å². The van der Waals surface area contributed by atoms with Crippen LogP contribution in [0.15, 0.2) is 32.6 Å². The zero-order valence-electron chi connectivity index (χ0n) is 14.8. The molecule has 142 valence electrons. The van der Waals surface area contributed by atoms with Gasteiger partial charge in [-0.25, -0.2) is 14.6 Å². The normalized spacial score (nSPS) is 14.2. The van der Waals surface area contributed by atoms with Crippen molar-refractivity contribution in [3.63, 3.8) is 0 Å². The second-order valence-corrected chi connectivity index (χ2v) is 7.75. The molecule has 1 N–H and O–H groups in total. The number of carbonyl (C=O) groups is 1. The molecule has 0 radical (unpaired) electrons. The van der Waals surface area contributed by atoms with Gasteiger partial charge in [-0.3, -0.25) is 4.79 Å². The molecule has 0 bridgehead atoms. The Balaban J connectivity index is 1.52. The standard InChI is InChI=1S/C17H19BrN6O2S/c1-27-17-21-14(23-7-2-3-8-23)11-10-20-24(15(11)22-17)9-6-19-16(25)12-4-5-13(18)26-12/h4-5,10H,2-3,6-9H2,1H3,(H,19,25). The van der Waals surface area contributed by atoms with E-state index in [9.17, 15) is 4.79 Å². The van der Waals surface area contributed by atoms with Crippen molar-refractivity contribution in [2.24, 2.45) is 0 Å². The Kier molecular flexibility index (Phi) is 5.35. The maximum atomic E-state index is 12.1. The SMILES string of the molecule is CSc1nc(N2CCCC2)c2cnn(CCNC(=O)c3ccc(Br)o3)c2n1. The third kappa shape index (κ3) is 3.81. The fraction of sp³-hybridized carbons (Fsp3) is 0.412. The number of hydrogen-bond acceptors (Lipinski definition) is 7. The lowest BCUT2D eigenvalue weighted by Gasteiger charge is -2.17. The number of nitrogens with one attached hydrogen (secondary N) is 1. The third-order valence-corrected chi connectivity index (χ3v) is 5.42. The van der Waals surface area contributed by atoms with E-state index in [-0.39, 0.29) is 11.7 Å². The van der Waals surface area contributed by atoms with Gasteiger partial charge < -0.3 is 14.6 Å². The first-order valence-electron chi connectivity index (χ1n) is 8.72. The number of fused-ring (bicyclic) bond motifs is 1. The summed E-state index contributed by atoms with van der Waals surface area (Å²) in [5, 5.41) is 9.00. The van der Waals surface area contributed by atoms with Crippen LogP contribution in [0.2, 0.25) is 0 Å². The van der Waals surface area contributed by atoms with Gasteiger partial charge >= 0.3 is 0 Å². The van der Waals surface area contributed by atoms with Crippen LogP contribution in [0.3, 0.4) is 0 Å². The molecular weight excluding hydrogens is 432 g/mol. The van der Waals surface area contributed by atoms with Crippen molar-refractivity contribution >= 4 is 50.5 Å². The van der Waals surface area contributed by atoms with E-state index in [2.05, 4.69) is 36.2 Å². The van der Waals surface area contributed by atoms with Crippen LogP contribution in [-0.4, -0.2) is 51.5 Å². The summed E-state index contributed by atoms with van der Waals surface area (Å²) in [4.78, 5) is 23.7. The molecule has 1 aliphatic heterocycles. The molecule has 3 aromatic heterocycles. The maximum Gasteiger partial charge on any atom is 0.287 e. The first kappa shape index (κ1) is 18.3. The van der Waals surface area contributed by atoms with E-state index >= 15 is 0 Å². The van der Waals surface area contributed by atoms with E-state index in [1.807, 2.05) is 17.1 Å². The van der Waals surface area contributed by atoms with Crippen LogP contribution < -0.4 is 10.2 Å². The molecule has 0 unspecified atom stereocenters. The van der Waals surface area contributed by atoms with Crippen molar-refractivity contribution in [2.45, 2.75) is 24.5 Å². The second kappa shape index (κ2) is 7.89. The van der Waals surface area contributed by atoms with Crippen LogP contribution in [0, 0.1) is 0 Å². The molecule has 10 heteroatoms. The van der Waals surface area contributed by atoms with Gasteiger partial charge in [0, 0.05) is 19.6 Å². The van der Waals surface area contributed by atoms with Crippen molar-refractivity contribution in [1.82, 2.24) is 25.1 Å². The first-order chi connectivity index (χ1) is 13.2. The van der Waals surface area contributed by atoms with Gasteiger partial charge in [-0.05, 0) is 47.2 Å². The van der Waals surface area contributed by atoms with Gasteiger partial charge in [0.15, 0.2) is 21.2 Å². The number of amides is 1. The molecule has 1 amide bonds. The smallest absolute Gasteiger partial charge is 0.287 e. The van der Waals surface area contributed by atoms with Crippen molar-refractivity contribution in [1.29, 1.82) is 0 Å². The Bertz CT molecular complexity index is 966. The highest BCUT2D eigenvalue weighted by molar-refractivity contribution is 9.10. The number of furan rings is 1. The Morgan fingerprint density at radius 3 is 2.85 bits per heavy atom. The third-order valence-electron chi connectivity index (χ3n) is 4.45. The highest BCUT2D eigenvalue weighted by Crippen LogP contribution is 2.28. The predicted octanol–water partition coefficient (Wildman–Crippen LogP) is 2.93. The average molecular weight is 451 g/mol. The fourth-order valence-corrected chi connectivity index (χ4v) is 3.81. The lowest BCUT2D eigenvalue weighted by Crippen LogP contribution is -2.27. The van der Waals surface area contributed by atoms with Crippen LogP contribution >= 0.6 is 27.7 Å². The summed E-state index contributed by atoms with van der Waals surface area (Å²) in [6, 6.07) is 3.32. The number of halogens is 1. The number of rotatable bonds is 6. The topological polar surface area (TPSA) is 89.1 Å². The summed E-state index contributed by atoms with van der Waals surface area (Å²) >= 11 is 4.71. The van der Waals surface area contributed by atoms with E-state index < -0.39 is 0 Å². The van der Waals surface area contributed by atoms with Gasteiger partial charge in [-0.1, -0.05) is 11.8 Å². The van der Waals surface area contributed by atoms with Crippen LogP contribution in [0.5, 0.6) is 0 Å². The molecule has 0 atom stereocenters.